The molecule has 1 N–H and O–H groups in total. The van der Waals surface area contributed by atoms with Gasteiger partial charge in [0.2, 0.25) is 0 Å². The summed E-state index contributed by atoms with van der Waals surface area (Å²) in [6, 6.07) is 44.1. The van der Waals surface area contributed by atoms with Crippen LogP contribution in [0.25, 0.3) is 10.9 Å². The number of carbonyl (C=O) groups is 1. The van der Waals surface area contributed by atoms with Crippen molar-refractivity contribution in [1.82, 2.24) is 4.98 Å². The molecule has 0 saturated carbocycles. The first-order valence-electron chi connectivity index (χ1n) is 17.2. The maximum Gasteiger partial charge on any atom is 0.320 e. The van der Waals surface area contributed by atoms with Crippen molar-refractivity contribution in [3.63, 3.8) is 0 Å². The van der Waals surface area contributed by atoms with E-state index in [0.717, 1.165) is 38.0 Å². The lowest BCUT2D eigenvalue weighted by atomic mass is 10.1. The number of ether oxygens (including phenoxy) is 1. The van der Waals surface area contributed by atoms with E-state index in [1.165, 1.54) is 0 Å². The Morgan fingerprint density at radius 2 is 0.920 bits per heavy atom. The van der Waals surface area contributed by atoms with Crippen molar-refractivity contribution in [1.29, 1.82) is 0 Å². The number of hydrogen-bond acceptors (Lipinski definition) is 4. The van der Waals surface area contributed by atoms with Crippen molar-refractivity contribution >= 4 is 54.6 Å². The van der Waals surface area contributed by atoms with E-state index in [1.54, 1.807) is 7.11 Å². The number of hydrogen-bond donors (Lipinski definition) is 1. The third kappa shape index (κ3) is 5.78. The van der Waals surface area contributed by atoms with Gasteiger partial charge in [0, 0.05) is 10.9 Å². The van der Waals surface area contributed by atoms with Crippen LogP contribution in [0.3, 0.4) is 0 Å². The van der Waals surface area contributed by atoms with Crippen LogP contribution in [0.5, 0.6) is 17.2 Å². The molecular weight excluding hydrogens is 651 g/mol. The van der Waals surface area contributed by atoms with E-state index in [9.17, 15) is 4.79 Å². The Morgan fingerprint density at radius 3 is 1.24 bits per heavy atom. The molecule has 0 aliphatic heterocycles. The molecule has 256 valence electrons. The molecule has 7 heteroatoms. The fourth-order valence-electron chi connectivity index (χ4n) is 7.56. The minimum absolute atomic E-state index is 0.286. The normalized spacial score (nSPS) is 12.5. The third-order valence-corrected chi connectivity index (χ3v) is 19.7. The molecule has 5 nitrogen and oxygen atoms in total. The lowest BCUT2D eigenvalue weighted by Gasteiger charge is -2.44. The Kier molecular flexibility index (Phi) is 9.42. The highest BCUT2D eigenvalue weighted by molar-refractivity contribution is 7.00. The second-order valence-electron chi connectivity index (χ2n) is 15.0. The molecule has 6 rings (SSSR count). The van der Waals surface area contributed by atoms with E-state index in [2.05, 4.69) is 144 Å². The van der Waals surface area contributed by atoms with Gasteiger partial charge in [-0.3, -0.25) is 4.79 Å². The number of rotatable bonds is 10. The van der Waals surface area contributed by atoms with Gasteiger partial charge in [-0.25, -0.2) is 0 Å². The first kappa shape index (κ1) is 35.0. The molecule has 5 aromatic carbocycles. The Balaban J connectivity index is 1.69. The van der Waals surface area contributed by atoms with E-state index in [-0.39, 0.29) is 10.1 Å². The van der Waals surface area contributed by atoms with E-state index >= 15 is 0 Å². The van der Waals surface area contributed by atoms with E-state index in [4.69, 9.17) is 13.6 Å². The van der Waals surface area contributed by atoms with Crippen LogP contribution in [0.4, 0.5) is 0 Å². The van der Waals surface area contributed by atoms with Gasteiger partial charge in [0.25, 0.3) is 0 Å². The average Bonchev–Trinajstić information content (AvgIpc) is 3.55. The third-order valence-electron chi connectivity index (χ3n) is 9.87. The number of aldehydes is 1. The lowest BCUT2D eigenvalue weighted by molar-refractivity contribution is 0.111. The highest BCUT2D eigenvalue weighted by Gasteiger charge is 2.54. The van der Waals surface area contributed by atoms with Gasteiger partial charge in [-0.1, -0.05) is 163 Å². The van der Waals surface area contributed by atoms with E-state index < -0.39 is 16.6 Å². The molecule has 0 saturated heterocycles. The molecule has 0 aliphatic rings. The molecule has 1 heterocycles. The van der Waals surface area contributed by atoms with Crippen LogP contribution in [0.2, 0.25) is 10.1 Å². The standard InChI is InChI=1S/C43H47NO4Si2/c1-31-39(47-49(42(2,3)4,33-21-13-9-14-22-33)34-23-15-10-16-24-34)38-37(29-32(30-45)44-38)41(40(31)46-8)48-50(43(5,6)7,35-25-17-11-18-26-35)36-27-19-12-20-28-36/h9-30,44H,1-8H3. The molecular formula is C43H47NO4Si2. The summed E-state index contributed by atoms with van der Waals surface area (Å²) in [7, 11) is -4.48. The predicted octanol–water partition coefficient (Wildman–Crippen LogP) is 8.18. The zero-order valence-corrected chi connectivity index (χ0v) is 32.3. The van der Waals surface area contributed by atoms with Gasteiger partial charge in [-0.05, 0) is 43.8 Å². The Morgan fingerprint density at radius 1 is 0.560 bits per heavy atom. The zero-order valence-electron chi connectivity index (χ0n) is 30.3. The largest absolute Gasteiger partial charge is 0.532 e. The summed E-state index contributed by atoms with van der Waals surface area (Å²) in [4.78, 5) is 15.9. The van der Waals surface area contributed by atoms with Gasteiger partial charge >= 0.3 is 16.6 Å². The fraction of sp³-hybridized carbons (Fsp3) is 0.233. The van der Waals surface area contributed by atoms with Gasteiger partial charge in [0.1, 0.15) is 5.75 Å². The van der Waals surface area contributed by atoms with Gasteiger partial charge in [-0.2, -0.15) is 0 Å². The van der Waals surface area contributed by atoms with Crippen LogP contribution in [0.15, 0.2) is 127 Å². The summed E-state index contributed by atoms with van der Waals surface area (Å²) in [5.41, 5.74) is 1.96. The smallest absolute Gasteiger partial charge is 0.320 e. The van der Waals surface area contributed by atoms with Crippen LogP contribution >= 0.6 is 0 Å². The highest BCUT2D eigenvalue weighted by atomic mass is 28.4. The summed E-state index contributed by atoms with van der Waals surface area (Å²) >= 11 is 0. The summed E-state index contributed by atoms with van der Waals surface area (Å²) in [5.74, 6) is 1.86. The van der Waals surface area contributed by atoms with Crippen molar-refractivity contribution in [2.75, 3.05) is 7.11 Å². The average molecular weight is 698 g/mol. The summed E-state index contributed by atoms with van der Waals surface area (Å²) in [6.07, 6.45) is 0.848. The van der Waals surface area contributed by atoms with Crippen molar-refractivity contribution in [3.05, 3.63) is 139 Å². The monoisotopic (exact) mass is 697 g/mol. The van der Waals surface area contributed by atoms with Crippen molar-refractivity contribution < 1.29 is 18.4 Å². The second-order valence-corrected chi connectivity index (χ2v) is 23.4. The van der Waals surface area contributed by atoms with Crippen molar-refractivity contribution in [2.45, 2.75) is 58.5 Å². The number of H-pyrrole nitrogens is 1. The second kappa shape index (κ2) is 13.5. The highest BCUT2D eigenvalue weighted by Crippen LogP contribution is 2.50. The Bertz CT molecular complexity index is 2000. The Labute approximate surface area is 298 Å². The minimum atomic E-state index is -3.09. The lowest BCUT2D eigenvalue weighted by Crippen LogP contribution is -2.69. The minimum Gasteiger partial charge on any atom is -0.532 e. The first-order chi connectivity index (χ1) is 23.9. The number of nitrogens with one attached hydrogen (secondary N) is 1. The van der Waals surface area contributed by atoms with Crippen molar-refractivity contribution in [3.8, 4) is 17.2 Å². The van der Waals surface area contributed by atoms with Crippen LogP contribution in [-0.4, -0.2) is 35.0 Å². The predicted molar refractivity (Wildman–Crippen MR) is 211 cm³/mol. The van der Waals surface area contributed by atoms with Crippen molar-refractivity contribution in [2.24, 2.45) is 0 Å². The van der Waals surface area contributed by atoms with Gasteiger partial charge in [0.15, 0.2) is 17.8 Å². The van der Waals surface area contributed by atoms with Gasteiger partial charge in [-0.15, -0.1) is 0 Å². The summed E-state index contributed by atoms with van der Waals surface area (Å²) < 4.78 is 21.7. The molecule has 0 unspecified atom stereocenters. The Hall–Kier alpha value is -4.86. The van der Waals surface area contributed by atoms with Crippen LogP contribution in [0.1, 0.15) is 57.6 Å². The topological polar surface area (TPSA) is 60.5 Å². The van der Waals surface area contributed by atoms with Gasteiger partial charge in [0.05, 0.1) is 18.3 Å². The van der Waals surface area contributed by atoms with Crippen LogP contribution in [-0.2, 0) is 0 Å². The molecule has 1 aromatic heterocycles. The molecule has 0 radical (unpaired) electrons. The summed E-state index contributed by atoms with van der Waals surface area (Å²) in [6.45, 7) is 15.6. The molecule has 0 bridgehead atoms. The molecule has 0 amide bonds. The number of benzene rings is 5. The molecule has 0 aliphatic carbocycles. The maximum absolute atomic E-state index is 12.5. The zero-order chi connectivity index (χ0) is 35.7. The maximum atomic E-state index is 12.5. The molecule has 0 atom stereocenters. The number of carbonyl (C=O) groups excluding carboxylic acids is 1. The number of methoxy groups -OCH3 is 1. The fourth-order valence-corrected chi connectivity index (χ4v) is 16.5. The van der Waals surface area contributed by atoms with E-state index in [1.807, 2.05) is 37.3 Å². The summed E-state index contributed by atoms with van der Waals surface area (Å²) in [5, 5.41) is 4.76. The number of aromatic nitrogens is 1. The molecule has 50 heavy (non-hydrogen) atoms. The SMILES string of the molecule is COc1c(C)c(O[Si](c2ccccc2)(c2ccccc2)C(C)(C)C)c2[nH]c(C=O)cc2c1O[Si](c1ccccc1)(c1ccccc1)C(C)(C)C. The quantitative estimate of drug-likeness (QED) is 0.116. The molecule has 0 fully saturated rings. The van der Waals surface area contributed by atoms with Crippen LogP contribution in [0, 0.1) is 6.92 Å². The number of aromatic amines is 1. The number of fused-ring (bicyclic) bond motifs is 1. The van der Waals surface area contributed by atoms with E-state index in [0.29, 0.717) is 28.5 Å². The molecule has 0 spiro atoms. The van der Waals surface area contributed by atoms with Gasteiger partial charge < -0.3 is 18.6 Å². The molecule has 6 aromatic rings. The first-order valence-corrected chi connectivity index (χ1v) is 21.0. The van der Waals surface area contributed by atoms with Crippen LogP contribution < -0.4 is 34.3 Å².